The SMILES string of the molecule is O=C(CNc1cc(F)ccc1OCC(F)(F)F)Nc1ccccc1Br. The van der Waals surface area contributed by atoms with Crippen molar-refractivity contribution in [3.8, 4) is 5.75 Å². The molecule has 0 atom stereocenters. The number of alkyl halides is 3. The molecular formula is C16H13BrF4N2O2. The monoisotopic (exact) mass is 420 g/mol. The molecule has 0 aromatic heterocycles. The molecule has 0 aliphatic rings. The lowest BCUT2D eigenvalue weighted by Crippen LogP contribution is -2.23. The number of nitrogens with one attached hydrogen (secondary N) is 2. The van der Waals surface area contributed by atoms with E-state index in [4.69, 9.17) is 0 Å². The highest BCUT2D eigenvalue weighted by atomic mass is 79.9. The minimum atomic E-state index is -4.53. The second kappa shape index (κ2) is 8.19. The van der Waals surface area contributed by atoms with Crippen LogP contribution in [0.5, 0.6) is 5.75 Å². The summed E-state index contributed by atoms with van der Waals surface area (Å²) in [5.41, 5.74) is 0.480. The molecular weight excluding hydrogens is 408 g/mol. The lowest BCUT2D eigenvalue weighted by atomic mass is 10.2. The summed E-state index contributed by atoms with van der Waals surface area (Å²) in [5, 5.41) is 5.18. The van der Waals surface area contributed by atoms with E-state index in [0.29, 0.717) is 10.2 Å². The quantitative estimate of drug-likeness (QED) is 0.672. The molecule has 134 valence electrons. The Balaban J connectivity index is 2.00. The van der Waals surface area contributed by atoms with Crippen LogP contribution in [0.2, 0.25) is 0 Å². The zero-order valence-corrected chi connectivity index (χ0v) is 14.2. The molecule has 2 rings (SSSR count). The molecule has 0 unspecified atom stereocenters. The Labute approximate surface area is 149 Å². The van der Waals surface area contributed by atoms with E-state index in [0.717, 1.165) is 18.2 Å². The molecule has 2 N–H and O–H groups in total. The van der Waals surface area contributed by atoms with E-state index in [1.165, 1.54) is 0 Å². The largest absolute Gasteiger partial charge is 0.482 e. The molecule has 0 bridgehead atoms. The maximum atomic E-state index is 13.3. The molecule has 2 aromatic rings. The van der Waals surface area contributed by atoms with Crippen LogP contribution in [0, 0.1) is 5.82 Å². The van der Waals surface area contributed by atoms with Gasteiger partial charge in [0, 0.05) is 10.5 Å². The van der Waals surface area contributed by atoms with Gasteiger partial charge in [0.1, 0.15) is 11.6 Å². The van der Waals surface area contributed by atoms with E-state index in [1.807, 2.05) is 0 Å². The van der Waals surface area contributed by atoms with Crippen LogP contribution in [0.25, 0.3) is 0 Å². The van der Waals surface area contributed by atoms with Gasteiger partial charge in [-0.15, -0.1) is 0 Å². The molecule has 0 heterocycles. The highest BCUT2D eigenvalue weighted by Gasteiger charge is 2.28. The van der Waals surface area contributed by atoms with Crippen molar-refractivity contribution in [2.75, 3.05) is 23.8 Å². The van der Waals surface area contributed by atoms with Gasteiger partial charge in [-0.2, -0.15) is 13.2 Å². The van der Waals surface area contributed by atoms with Gasteiger partial charge in [-0.25, -0.2) is 4.39 Å². The Morgan fingerprint density at radius 2 is 1.84 bits per heavy atom. The van der Waals surface area contributed by atoms with Crippen molar-refractivity contribution in [1.82, 2.24) is 0 Å². The standard InChI is InChI=1S/C16H13BrF4N2O2/c17-11-3-1-2-4-12(11)23-15(24)8-22-13-7-10(18)5-6-14(13)25-9-16(19,20)21/h1-7,22H,8-9H2,(H,23,24). The molecule has 0 spiro atoms. The summed E-state index contributed by atoms with van der Waals surface area (Å²) in [5.74, 6) is -1.33. The van der Waals surface area contributed by atoms with E-state index in [-0.39, 0.29) is 18.0 Å². The normalized spacial score (nSPS) is 11.1. The Morgan fingerprint density at radius 3 is 2.52 bits per heavy atom. The molecule has 9 heteroatoms. The number of rotatable bonds is 6. The summed E-state index contributed by atoms with van der Waals surface area (Å²) in [4.78, 5) is 11.9. The highest BCUT2D eigenvalue weighted by molar-refractivity contribution is 9.10. The fourth-order valence-electron chi connectivity index (χ4n) is 1.86. The van der Waals surface area contributed by atoms with E-state index in [2.05, 4.69) is 31.3 Å². The van der Waals surface area contributed by atoms with E-state index < -0.39 is 24.5 Å². The number of halogens is 5. The number of benzene rings is 2. The summed E-state index contributed by atoms with van der Waals surface area (Å²) < 4.78 is 55.4. The maximum Gasteiger partial charge on any atom is 0.422 e. The van der Waals surface area contributed by atoms with Crippen LogP contribution in [0.1, 0.15) is 0 Å². The summed E-state index contributed by atoms with van der Waals surface area (Å²) in [6.45, 7) is -1.80. The maximum absolute atomic E-state index is 13.3. The molecule has 2 aromatic carbocycles. The average Bonchev–Trinajstić information content (AvgIpc) is 2.53. The van der Waals surface area contributed by atoms with Crippen LogP contribution in [0.3, 0.4) is 0 Å². The Kier molecular flexibility index (Phi) is 6.24. The zero-order valence-electron chi connectivity index (χ0n) is 12.7. The number of anilines is 2. The number of ether oxygens (including phenoxy) is 1. The average molecular weight is 421 g/mol. The van der Waals surface area contributed by atoms with Crippen LogP contribution < -0.4 is 15.4 Å². The van der Waals surface area contributed by atoms with Crippen molar-refractivity contribution in [2.24, 2.45) is 0 Å². The smallest absolute Gasteiger partial charge is 0.422 e. The number of amides is 1. The number of carbonyl (C=O) groups excluding carboxylic acids is 1. The van der Waals surface area contributed by atoms with Crippen LogP contribution in [-0.2, 0) is 4.79 Å². The lowest BCUT2D eigenvalue weighted by Gasteiger charge is -2.15. The second-order valence-electron chi connectivity index (χ2n) is 4.93. The van der Waals surface area contributed by atoms with Gasteiger partial charge in [-0.1, -0.05) is 12.1 Å². The van der Waals surface area contributed by atoms with Crippen molar-refractivity contribution in [2.45, 2.75) is 6.18 Å². The van der Waals surface area contributed by atoms with Gasteiger partial charge in [0.25, 0.3) is 0 Å². The minimum absolute atomic E-state index is 0.0495. The van der Waals surface area contributed by atoms with Crippen LogP contribution >= 0.6 is 15.9 Å². The van der Waals surface area contributed by atoms with Gasteiger partial charge in [0.05, 0.1) is 17.9 Å². The molecule has 4 nitrogen and oxygen atoms in total. The fourth-order valence-corrected chi connectivity index (χ4v) is 2.24. The summed E-state index contributed by atoms with van der Waals surface area (Å²) in [6, 6.07) is 9.89. The molecule has 25 heavy (non-hydrogen) atoms. The first-order valence-corrected chi connectivity index (χ1v) is 7.81. The Hall–Kier alpha value is -2.29. The van der Waals surface area contributed by atoms with Crippen LogP contribution in [0.4, 0.5) is 28.9 Å². The van der Waals surface area contributed by atoms with E-state index in [1.54, 1.807) is 24.3 Å². The van der Waals surface area contributed by atoms with Crippen molar-refractivity contribution < 1.29 is 27.1 Å². The van der Waals surface area contributed by atoms with Gasteiger partial charge >= 0.3 is 6.18 Å². The van der Waals surface area contributed by atoms with Crippen molar-refractivity contribution in [3.63, 3.8) is 0 Å². The lowest BCUT2D eigenvalue weighted by molar-refractivity contribution is -0.153. The molecule has 0 saturated carbocycles. The summed E-state index contributed by atoms with van der Waals surface area (Å²) in [7, 11) is 0. The first kappa shape index (κ1) is 19.0. The van der Waals surface area contributed by atoms with Gasteiger partial charge < -0.3 is 15.4 Å². The molecule has 0 aliphatic carbocycles. The first-order valence-electron chi connectivity index (χ1n) is 7.02. The zero-order chi connectivity index (χ0) is 18.4. The third-order valence-corrected chi connectivity index (χ3v) is 3.61. The van der Waals surface area contributed by atoms with Crippen LogP contribution in [0.15, 0.2) is 46.9 Å². The molecule has 0 aliphatic heterocycles. The topological polar surface area (TPSA) is 50.4 Å². The van der Waals surface area contributed by atoms with Gasteiger partial charge in [0.15, 0.2) is 6.61 Å². The number of para-hydroxylation sites is 1. The van der Waals surface area contributed by atoms with Gasteiger partial charge in [0.2, 0.25) is 5.91 Å². The summed E-state index contributed by atoms with van der Waals surface area (Å²) in [6.07, 6.45) is -4.53. The molecule has 0 saturated heterocycles. The predicted molar refractivity (Wildman–Crippen MR) is 89.2 cm³/mol. The highest BCUT2D eigenvalue weighted by Crippen LogP contribution is 2.27. The van der Waals surface area contributed by atoms with Crippen molar-refractivity contribution >= 4 is 33.2 Å². The molecule has 0 fully saturated rings. The van der Waals surface area contributed by atoms with Gasteiger partial charge in [-0.05, 0) is 40.2 Å². The third-order valence-electron chi connectivity index (χ3n) is 2.92. The second-order valence-corrected chi connectivity index (χ2v) is 5.78. The number of hydrogen-bond acceptors (Lipinski definition) is 3. The predicted octanol–water partition coefficient (Wildman–Crippen LogP) is 4.58. The van der Waals surface area contributed by atoms with Gasteiger partial charge in [-0.3, -0.25) is 4.79 Å². The van der Waals surface area contributed by atoms with E-state index >= 15 is 0 Å². The molecule has 1 amide bonds. The summed E-state index contributed by atoms with van der Waals surface area (Å²) >= 11 is 3.27. The van der Waals surface area contributed by atoms with E-state index in [9.17, 15) is 22.4 Å². The third kappa shape index (κ3) is 6.26. The Morgan fingerprint density at radius 1 is 1.12 bits per heavy atom. The fraction of sp³-hybridized carbons (Fsp3) is 0.188. The van der Waals surface area contributed by atoms with Crippen molar-refractivity contribution in [1.29, 1.82) is 0 Å². The molecule has 0 radical (unpaired) electrons. The van der Waals surface area contributed by atoms with Crippen molar-refractivity contribution in [3.05, 3.63) is 52.8 Å². The number of hydrogen-bond donors (Lipinski definition) is 2. The first-order chi connectivity index (χ1) is 11.7. The minimum Gasteiger partial charge on any atom is -0.482 e. The Bertz CT molecular complexity index is 753. The van der Waals surface area contributed by atoms with Crippen LogP contribution in [-0.4, -0.2) is 25.2 Å². The number of carbonyl (C=O) groups is 1.